The molecule has 0 aliphatic rings. The maximum Gasteiger partial charge on any atom is 0.375 e. The van der Waals surface area contributed by atoms with Crippen molar-refractivity contribution in [1.29, 1.82) is 0 Å². The maximum absolute atomic E-state index is 10.0. The van der Waals surface area contributed by atoms with E-state index in [1.807, 2.05) is 0 Å². The van der Waals surface area contributed by atoms with E-state index in [9.17, 15) is 9.59 Å². The molecule has 0 aliphatic carbocycles. The molecule has 0 aromatic heterocycles. The van der Waals surface area contributed by atoms with Gasteiger partial charge >= 0.3 is 10.6 Å². The minimum absolute atomic E-state index is 0.726. The Kier molecular flexibility index (Phi) is 9.15. The molecule has 0 atom stereocenters. The highest BCUT2D eigenvalue weighted by Crippen LogP contribution is 2.26. The molecule has 0 saturated carbocycles. The SMILES string of the molecule is O=C(O)SSCCCSSC(=O)O. The maximum atomic E-state index is 10.0. The molecule has 0 aliphatic heterocycles. The molecule has 2 N–H and O–H groups in total. The molecule has 0 saturated heterocycles. The van der Waals surface area contributed by atoms with Crippen molar-refractivity contribution in [2.24, 2.45) is 0 Å². The summed E-state index contributed by atoms with van der Waals surface area (Å²) in [6.45, 7) is 0. The van der Waals surface area contributed by atoms with Crippen LogP contribution in [0.4, 0.5) is 9.59 Å². The quantitative estimate of drug-likeness (QED) is 0.555. The minimum atomic E-state index is -0.891. The topological polar surface area (TPSA) is 74.6 Å². The van der Waals surface area contributed by atoms with Gasteiger partial charge in [-0.3, -0.25) is 0 Å². The molecule has 0 aromatic carbocycles. The van der Waals surface area contributed by atoms with Gasteiger partial charge in [-0.2, -0.15) is 0 Å². The average molecular weight is 260 g/mol. The summed E-state index contributed by atoms with van der Waals surface area (Å²) in [5, 5.41) is 14.7. The van der Waals surface area contributed by atoms with Crippen LogP contribution in [0.15, 0.2) is 0 Å². The Morgan fingerprint density at radius 3 is 1.62 bits per heavy atom. The van der Waals surface area contributed by atoms with Gasteiger partial charge in [-0.05, 0) is 6.42 Å². The van der Waals surface area contributed by atoms with Gasteiger partial charge in [0.1, 0.15) is 0 Å². The zero-order valence-electron chi connectivity index (χ0n) is 6.47. The van der Waals surface area contributed by atoms with E-state index in [1.165, 1.54) is 21.6 Å². The largest absolute Gasteiger partial charge is 0.473 e. The lowest BCUT2D eigenvalue weighted by Gasteiger charge is -1.96. The minimum Gasteiger partial charge on any atom is -0.473 e. The second-order valence-electron chi connectivity index (χ2n) is 1.70. The molecule has 0 bridgehead atoms. The van der Waals surface area contributed by atoms with Crippen LogP contribution in [0.1, 0.15) is 6.42 Å². The predicted octanol–water partition coefficient (Wildman–Crippen LogP) is 3.50. The summed E-state index contributed by atoms with van der Waals surface area (Å²) in [5.41, 5.74) is 0. The molecule has 0 aromatic rings. The summed E-state index contributed by atoms with van der Waals surface area (Å²) < 4.78 is 0. The fraction of sp³-hybridized carbons (Fsp3) is 0.600. The van der Waals surface area contributed by atoms with Crippen LogP contribution >= 0.6 is 43.2 Å². The second kappa shape index (κ2) is 8.92. The molecule has 0 fully saturated rings. The first kappa shape index (κ1) is 13.3. The highest BCUT2D eigenvalue weighted by molar-refractivity contribution is 8.82. The third-order valence-corrected chi connectivity index (χ3v) is 4.71. The predicted molar refractivity (Wildman–Crippen MR) is 60.8 cm³/mol. The van der Waals surface area contributed by atoms with E-state index in [4.69, 9.17) is 10.2 Å². The van der Waals surface area contributed by atoms with Crippen molar-refractivity contribution in [3.05, 3.63) is 0 Å². The molecule has 0 spiro atoms. The van der Waals surface area contributed by atoms with Crippen LogP contribution in [0.5, 0.6) is 0 Å². The van der Waals surface area contributed by atoms with Gasteiger partial charge in [-0.1, -0.05) is 21.6 Å². The molecule has 0 heterocycles. The van der Waals surface area contributed by atoms with E-state index in [0.29, 0.717) is 0 Å². The zero-order valence-corrected chi connectivity index (χ0v) is 9.73. The van der Waals surface area contributed by atoms with Gasteiger partial charge in [-0.15, -0.1) is 0 Å². The van der Waals surface area contributed by atoms with Crippen molar-refractivity contribution < 1.29 is 19.8 Å². The Balaban J connectivity index is 3.00. The Labute approximate surface area is 91.4 Å². The number of carboxylic acid groups (broad SMARTS) is 2. The number of carbonyl (C=O) groups is 2. The standard InChI is InChI=1S/C5H8O4S4/c6-4(7)12-10-2-1-3-11-13-5(8)9/h1-3H2,(H,6,7)(H,8,9). The van der Waals surface area contributed by atoms with Gasteiger partial charge < -0.3 is 10.2 Å². The lowest BCUT2D eigenvalue weighted by atomic mass is 10.6. The van der Waals surface area contributed by atoms with Crippen LogP contribution in [0, 0.1) is 0 Å². The van der Waals surface area contributed by atoms with Gasteiger partial charge in [0.25, 0.3) is 0 Å². The molecule has 13 heavy (non-hydrogen) atoms. The van der Waals surface area contributed by atoms with Gasteiger partial charge in [-0.25, -0.2) is 9.59 Å². The van der Waals surface area contributed by atoms with Crippen LogP contribution < -0.4 is 0 Å². The van der Waals surface area contributed by atoms with Crippen molar-refractivity contribution in [2.45, 2.75) is 6.42 Å². The molecule has 0 unspecified atom stereocenters. The first-order valence-electron chi connectivity index (χ1n) is 3.17. The lowest BCUT2D eigenvalue weighted by molar-refractivity contribution is 0.221. The Bertz CT molecular complexity index is 156. The van der Waals surface area contributed by atoms with Gasteiger partial charge in [0.2, 0.25) is 0 Å². The molecule has 0 rings (SSSR count). The fourth-order valence-corrected chi connectivity index (χ4v) is 3.25. The summed E-state index contributed by atoms with van der Waals surface area (Å²) in [4.78, 5) is 20.1. The number of hydrogen-bond acceptors (Lipinski definition) is 6. The normalized spacial score (nSPS) is 9.85. The van der Waals surface area contributed by atoms with Crippen LogP contribution in [-0.2, 0) is 0 Å². The van der Waals surface area contributed by atoms with Crippen LogP contribution in [0.25, 0.3) is 0 Å². The Morgan fingerprint density at radius 2 is 1.31 bits per heavy atom. The number of hydrogen-bond donors (Lipinski definition) is 2. The molecule has 4 nitrogen and oxygen atoms in total. The highest BCUT2D eigenvalue weighted by Gasteiger charge is 2.00. The van der Waals surface area contributed by atoms with Crippen molar-refractivity contribution in [3.63, 3.8) is 0 Å². The first-order valence-corrected chi connectivity index (χ1v) is 7.81. The monoisotopic (exact) mass is 260 g/mol. The van der Waals surface area contributed by atoms with E-state index in [1.54, 1.807) is 0 Å². The average Bonchev–Trinajstić information content (AvgIpc) is 2.01. The third kappa shape index (κ3) is 12.3. The molecule has 0 amide bonds. The Morgan fingerprint density at radius 1 is 0.923 bits per heavy atom. The molecule has 0 radical (unpaired) electrons. The second-order valence-corrected chi connectivity index (χ2v) is 6.43. The molecular formula is C5H8O4S4. The van der Waals surface area contributed by atoms with Crippen LogP contribution in [0.3, 0.4) is 0 Å². The van der Waals surface area contributed by atoms with Crippen molar-refractivity contribution in [2.75, 3.05) is 11.5 Å². The van der Waals surface area contributed by atoms with Gasteiger partial charge in [0.15, 0.2) is 0 Å². The molecular weight excluding hydrogens is 252 g/mol. The smallest absolute Gasteiger partial charge is 0.375 e. The van der Waals surface area contributed by atoms with E-state index in [0.717, 1.165) is 39.5 Å². The van der Waals surface area contributed by atoms with Gasteiger partial charge in [0.05, 0.1) is 0 Å². The lowest BCUT2D eigenvalue weighted by Crippen LogP contribution is -1.84. The fourth-order valence-electron chi connectivity index (χ4n) is 0.361. The van der Waals surface area contributed by atoms with Crippen LogP contribution in [0.2, 0.25) is 0 Å². The summed E-state index contributed by atoms with van der Waals surface area (Å²) >= 11 is 0. The summed E-state index contributed by atoms with van der Waals surface area (Å²) in [6.07, 6.45) is 0.815. The van der Waals surface area contributed by atoms with Crippen molar-refractivity contribution in [3.8, 4) is 0 Å². The third-order valence-electron chi connectivity index (χ3n) is 0.716. The van der Waals surface area contributed by atoms with E-state index in [-0.39, 0.29) is 0 Å². The highest BCUT2D eigenvalue weighted by atomic mass is 33.1. The number of rotatable bonds is 6. The summed E-state index contributed by atoms with van der Waals surface area (Å²) in [5.74, 6) is 1.45. The Hall–Kier alpha value is 0.340. The van der Waals surface area contributed by atoms with Crippen LogP contribution in [-0.4, -0.2) is 32.3 Å². The zero-order chi connectivity index (χ0) is 10.1. The van der Waals surface area contributed by atoms with E-state index >= 15 is 0 Å². The molecule has 8 heteroatoms. The van der Waals surface area contributed by atoms with Gasteiger partial charge in [0, 0.05) is 33.1 Å². The summed E-state index contributed by atoms with van der Waals surface area (Å²) in [6, 6.07) is 0. The van der Waals surface area contributed by atoms with E-state index in [2.05, 4.69) is 0 Å². The molecule has 76 valence electrons. The van der Waals surface area contributed by atoms with Crippen molar-refractivity contribution >= 4 is 53.8 Å². The van der Waals surface area contributed by atoms with Crippen molar-refractivity contribution in [1.82, 2.24) is 0 Å². The summed E-state index contributed by atoms with van der Waals surface area (Å²) in [7, 11) is 4.13. The first-order chi connectivity index (χ1) is 6.13. The van der Waals surface area contributed by atoms with E-state index < -0.39 is 10.6 Å².